The van der Waals surface area contributed by atoms with Gasteiger partial charge in [-0.3, -0.25) is 4.98 Å². The number of hydrogen-bond donors (Lipinski definition) is 1. The van der Waals surface area contributed by atoms with Crippen LogP contribution in [0.1, 0.15) is 75.6 Å². The van der Waals surface area contributed by atoms with Crippen LogP contribution < -0.4 is 0 Å². The van der Waals surface area contributed by atoms with Gasteiger partial charge in [-0.2, -0.15) is 0 Å². The van der Waals surface area contributed by atoms with Crippen LogP contribution in [0.4, 0.5) is 0 Å². The van der Waals surface area contributed by atoms with Crippen molar-refractivity contribution in [3.05, 3.63) is 52.7 Å². The first-order valence-corrected chi connectivity index (χ1v) is 9.81. The summed E-state index contributed by atoms with van der Waals surface area (Å²) in [6.45, 7) is 10.8. The standard InChI is InChI=1S/C23H33NO/c1-6-13-23(25,14-7-2)20-16-24-21(15-17(20)5)22-18(8-3)11-10-12-19(22)9-4/h10-12,15-16,25H,6-9,13-14H2,1-5H3. The monoisotopic (exact) mass is 339 g/mol. The summed E-state index contributed by atoms with van der Waals surface area (Å²) in [5.74, 6) is 0. The molecule has 2 aromatic rings. The molecule has 0 aliphatic carbocycles. The highest BCUT2D eigenvalue weighted by Crippen LogP contribution is 2.35. The van der Waals surface area contributed by atoms with E-state index in [-0.39, 0.29) is 0 Å². The molecule has 136 valence electrons. The normalized spacial score (nSPS) is 11.8. The molecule has 0 amide bonds. The molecule has 1 aromatic carbocycles. The van der Waals surface area contributed by atoms with Gasteiger partial charge in [-0.25, -0.2) is 0 Å². The fourth-order valence-corrected chi connectivity index (χ4v) is 3.97. The summed E-state index contributed by atoms with van der Waals surface area (Å²) in [6.07, 6.45) is 7.43. The van der Waals surface area contributed by atoms with Crippen molar-refractivity contribution >= 4 is 0 Å². The summed E-state index contributed by atoms with van der Waals surface area (Å²) in [5, 5.41) is 11.2. The lowest BCUT2D eigenvalue weighted by Crippen LogP contribution is -2.26. The van der Waals surface area contributed by atoms with Crippen molar-refractivity contribution in [1.82, 2.24) is 4.98 Å². The molecule has 0 radical (unpaired) electrons. The van der Waals surface area contributed by atoms with Gasteiger partial charge >= 0.3 is 0 Å². The van der Waals surface area contributed by atoms with Gasteiger partial charge in [0, 0.05) is 17.3 Å². The van der Waals surface area contributed by atoms with Crippen LogP contribution in [-0.4, -0.2) is 10.1 Å². The zero-order valence-corrected chi connectivity index (χ0v) is 16.5. The van der Waals surface area contributed by atoms with E-state index in [9.17, 15) is 5.11 Å². The maximum absolute atomic E-state index is 11.2. The van der Waals surface area contributed by atoms with Crippen molar-refractivity contribution in [2.24, 2.45) is 0 Å². The van der Waals surface area contributed by atoms with Crippen molar-refractivity contribution in [2.45, 2.75) is 78.7 Å². The average Bonchev–Trinajstić information content (AvgIpc) is 2.61. The highest BCUT2D eigenvalue weighted by Gasteiger charge is 2.29. The number of aliphatic hydroxyl groups is 1. The minimum Gasteiger partial charge on any atom is -0.385 e. The van der Waals surface area contributed by atoms with E-state index in [2.05, 4.69) is 58.9 Å². The van der Waals surface area contributed by atoms with Crippen LogP contribution in [0.25, 0.3) is 11.3 Å². The largest absolute Gasteiger partial charge is 0.385 e. The van der Waals surface area contributed by atoms with Crippen molar-refractivity contribution in [1.29, 1.82) is 0 Å². The third-order valence-corrected chi connectivity index (χ3v) is 5.19. The van der Waals surface area contributed by atoms with E-state index in [0.717, 1.165) is 55.3 Å². The van der Waals surface area contributed by atoms with Gasteiger partial charge < -0.3 is 5.11 Å². The summed E-state index contributed by atoms with van der Waals surface area (Å²) in [6, 6.07) is 8.71. The van der Waals surface area contributed by atoms with Gasteiger partial charge in [-0.05, 0) is 55.4 Å². The number of hydrogen-bond acceptors (Lipinski definition) is 2. The Labute approximate surface area is 153 Å². The molecule has 0 fully saturated rings. The number of nitrogens with zero attached hydrogens (tertiary/aromatic N) is 1. The lowest BCUT2D eigenvalue weighted by Gasteiger charge is -2.29. The lowest BCUT2D eigenvalue weighted by molar-refractivity contribution is 0.0161. The van der Waals surface area contributed by atoms with E-state index in [0.29, 0.717) is 0 Å². The van der Waals surface area contributed by atoms with E-state index < -0.39 is 5.60 Å². The van der Waals surface area contributed by atoms with Crippen LogP contribution in [0.15, 0.2) is 30.5 Å². The Morgan fingerprint density at radius 2 is 1.52 bits per heavy atom. The molecule has 0 bridgehead atoms. The Balaban J connectivity index is 2.54. The molecule has 0 aliphatic rings. The second-order valence-electron chi connectivity index (χ2n) is 7.07. The van der Waals surface area contributed by atoms with Crippen LogP contribution in [0.3, 0.4) is 0 Å². The highest BCUT2D eigenvalue weighted by molar-refractivity contribution is 5.69. The first-order chi connectivity index (χ1) is 12.0. The summed E-state index contributed by atoms with van der Waals surface area (Å²) < 4.78 is 0. The van der Waals surface area contributed by atoms with Crippen LogP contribution in [0, 0.1) is 6.92 Å². The Bertz CT molecular complexity index is 677. The molecule has 0 unspecified atom stereocenters. The van der Waals surface area contributed by atoms with Gasteiger partial charge in [0.2, 0.25) is 0 Å². The van der Waals surface area contributed by atoms with Gasteiger partial charge in [0.15, 0.2) is 0 Å². The zero-order valence-electron chi connectivity index (χ0n) is 16.5. The SMILES string of the molecule is CCCC(O)(CCC)c1cnc(-c2c(CC)cccc2CC)cc1C. The Kier molecular flexibility index (Phi) is 6.78. The third kappa shape index (κ3) is 4.12. The molecule has 0 atom stereocenters. The topological polar surface area (TPSA) is 33.1 Å². The lowest BCUT2D eigenvalue weighted by atomic mass is 9.83. The Morgan fingerprint density at radius 3 is 1.96 bits per heavy atom. The summed E-state index contributed by atoms with van der Waals surface area (Å²) in [7, 11) is 0. The van der Waals surface area contributed by atoms with Gasteiger partial charge in [-0.15, -0.1) is 0 Å². The van der Waals surface area contributed by atoms with Crippen molar-refractivity contribution < 1.29 is 5.11 Å². The predicted octanol–water partition coefficient (Wildman–Crippen LogP) is 5.97. The van der Waals surface area contributed by atoms with Crippen molar-refractivity contribution in [3.8, 4) is 11.3 Å². The molecule has 0 saturated carbocycles. The van der Waals surface area contributed by atoms with E-state index in [1.165, 1.54) is 16.7 Å². The predicted molar refractivity (Wildman–Crippen MR) is 107 cm³/mol. The van der Waals surface area contributed by atoms with Crippen molar-refractivity contribution in [2.75, 3.05) is 0 Å². The molecular formula is C23H33NO. The van der Waals surface area contributed by atoms with Gasteiger partial charge in [0.1, 0.15) is 0 Å². The quantitative estimate of drug-likeness (QED) is 0.642. The fraction of sp³-hybridized carbons (Fsp3) is 0.522. The van der Waals surface area contributed by atoms with E-state index in [1.54, 1.807) is 0 Å². The molecule has 2 heteroatoms. The molecule has 1 N–H and O–H groups in total. The zero-order chi connectivity index (χ0) is 18.4. The summed E-state index contributed by atoms with van der Waals surface area (Å²) in [5.41, 5.74) is 6.38. The summed E-state index contributed by atoms with van der Waals surface area (Å²) in [4.78, 5) is 4.80. The molecule has 2 nitrogen and oxygen atoms in total. The number of benzene rings is 1. The first kappa shape index (κ1) is 19.7. The molecule has 0 saturated heterocycles. The molecule has 1 heterocycles. The minimum absolute atomic E-state index is 0.753. The number of pyridine rings is 1. The van der Waals surface area contributed by atoms with Gasteiger partial charge in [0.05, 0.1) is 11.3 Å². The van der Waals surface area contributed by atoms with Crippen molar-refractivity contribution in [3.63, 3.8) is 0 Å². The van der Waals surface area contributed by atoms with Gasteiger partial charge in [0.25, 0.3) is 0 Å². The maximum Gasteiger partial charge on any atom is 0.0913 e. The molecule has 1 aromatic heterocycles. The van der Waals surface area contributed by atoms with Crippen LogP contribution >= 0.6 is 0 Å². The second kappa shape index (κ2) is 8.62. The van der Waals surface area contributed by atoms with Crippen LogP contribution in [0.2, 0.25) is 0 Å². The summed E-state index contributed by atoms with van der Waals surface area (Å²) >= 11 is 0. The third-order valence-electron chi connectivity index (χ3n) is 5.19. The average molecular weight is 340 g/mol. The van der Waals surface area contributed by atoms with Crippen LogP contribution in [0.5, 0.6) is 0 Å². The minimum atomic E-state index is -0.753. The number of rotatable bonds is 8. The second-order valence-corrected chi connectivity index (χ2v) is 7.07. The van der Waals surface area contributed by atoms with E-state index in [1.807, 2.05) is 6.20 Å². The smallest absolute Gasteiger partial charge is 0.0913 e. The van der Waals surface area contributed by atoms with Crippen LogP contribution in [-0.2, 0) is 18.4 Å². The molecule has 25 heavy (non-hydrogen) atoms. The highest BCUT2D eigenvalue weighted by atomic mass is 16.3. The molecule has 0 spiro atoms. The maximum atomic E-state index is 11.2. The molecule has 0 aliphatic heterocycles. The van der Waals surface area contributed by atoms with E-state index >= 15 is 0 Å². The molecule has 2 rings (SSSR count). The molecular weight excluding hydrogens is 306 g/mol. The first-order valence-electron chi connectivity index (χ1n) is 9.81. The Morgan fingerprint density at radius 1 is 0.960 bits per heavy atom. The fourth-order valence-electron chi connectivity index (χ4n) is 3.97. The Hall–Kier alpha value is -1.67. The van der Waals surface area contributed by atoms with Gasteiger partial charge in [-0.1, -0.05) is 58.7 Å². The number of aryl methyl sites for hydroxylation is 3. The van der Waals surface area contributed by atoms with E-state index in [4.69, 9.17) is 4.98 Å². The number of aromatic nitrogens is 1.